The van der Waals surface area contributed by atoms with Crippen molar-refractivity contribution < 1.29 is 9.18 Å². The Morgan fingerprint density at radius 1 is 1.05 bits per heavy atom. The topological polar surface area (TPSA) is 41.1 Å². The Kier molecular flexibility index (Phi) is 6.10. The van der Waals surface area contributed by atoms with E-state index < -0.39 is 0 Å². The van der Waals surface area contributed by atoms with E-state index in [1.807, 2.05) is 37.3 Å². The van der Waals surface area contributed by atoms with Gasteiger partial charge in [-0.15, -0.1) is 0 Å². The van der Waals surface area contributed by atoms with E-state index in [4.69, 9.17) is 0 Å². The number of carbonyl (C=O) groups excluding carboxylic acids is 1. The highest BCUT2D eigenvalue weighted by molar-refractivity contribution is 5.91. The molecule has 0 aromatic heterocycles. The predicted molar refractivity (Wildman–Crippen MR) is 87.4 cm³/mol. The van der Waals surface area contributed by atoms with E-state index in [-0.39, 0.29) is 11.7 Å². The molecule has 0 unspecified atom stereocenters. The maximum Gasteiger partial charge on any atom is 0.225 e. The van der Waals surface area contributed by atoms with Gasteiger partial charge in [0, 0.05) is 18.7 Å². The molecule has 0 saturated carbocycles. The predicted octanol–water partition coefficient (Wildman–Crippen LogP) is 3.30. The molecule has 0 aliphatic heterocycles. The van der Waals surface area contributed by atoms with Crippen LogP contribution in [0.2, 0.25) is 0 Å². The first kappa shape index (κ1) is 16.2. The average molecular weight is 300 g/mol. The van der Waals surface area contributed by atoms with E-state index in [1.54, 1.807) is 12.1 Å². The normalized spacial score (nSPS) is 10.5. The third kappa shape index (κ3) is 4.97. The number of nitrogens with one attached hydrogen (secondary N) is 2. The van der Waals surface area contributed by atoms with Crippen LogP contribution in [0.1, 0.15) is 17.5 Å². The van der Waals surface area contributed by atoms with E-state index in [0.29, 0.717) is 31.5 Å². The van der Waals surface area contributed by atoms with Crippen molar-refractivity contribution in [1.29, 1.82) is 0 Å². The van der Waals surface area contributed by atoms with Gasteiger partial charge in [0.05, 0.1) is 0 Å². The van der Waals surface area contributed by atoms with Crippen molar-refractivity contribution in [3.63, 3.8) is 0 Å². The minimum atomic E-state index is -0.179. The van der Waals surface area contributed by atoms with Gasteiger partial charge in [-0.2, -0.15) is 0 Å². The molecule has 22 heavy (non-hydrogen) atoms. The van der Waals surface area contributed by atoms with Crippen molar-refractivity contribution in [2.75, 3.05) is 18.4 Å². The minimum absolute atomic E-state index is 0.0207. The number of hydrogen-bond acceptors (Lipinski definition) is 2. The molecule has 0 bridgehead atoms. The fraction of sp³-hybridized carbons (Fsp3) is 0.278. The largest absolute Gasteiger partial charge is 0.326 e. The van der Waals surface area contributed by atoms with Gasteiger partial charge in [0.15, 0.2) is 0 Å². The van der Waals surface area contributed by atoms with Gasteiger partial charge in [-0.25, -0.2) is 4.39 Å². The number of aryl methyl sites for hydroxylation is 1. The molecular formula is C18H21FN2O. The molecule has 3 nitrogen and oxygen atoms in total. The average Bonchev–Trinajstić information content (AvgIpc) is 2.51. The third-order valence-corrected chi connectivity index (χ3v) is 3.48. The molecule has 0 radical (unpaired) electrons. The molecule has 116 valence electrons. The van der Waals surface area contributed by atoms with E-state index in [2.05, 4.69) is 10.6 Å². The molecule has 0 fully saturated rings. The molecule has 2 rings (SSSR count). The maximum absolute atomic E-state index is 13.4. The summed E-state index contributed by atoms with van der Waals surface area (Å²) in [6.45, 7) is 3.19. The number of hydrogen-bond donors (Lipinski definition) is 2. The first-order chi connectivity index (χ1) is 10.7. The lowest BCUT2D eigenvalue weighted by Gasteiger charge is -2.09. The molecule has 1 amide bonds. The van der Waals surface area contributed by atoms with Crippen LogP contribution < -0.4 is 10.6 Å². The number of benzene rings is 2. The molecule has 4 heteroatoms. The number of amides is 1. The van der Waals surface area contributed by atoms with Crippen LogP contribution in [0.25, 0.3) is 0 Å². The molecule has 2 N–H and O–H groups in total. The van der Waals surface area contributed by atoms with Gasteiger partial charge in [0.25, 0.3) is 0 Å². The molecule has 2 aromatic rings. The van der Waals surface area contributed by atoms with Crippen molar-refractivity contribution in [3.05, 3.63) is 65.5 Å². The summed E-state index contributed by atoms with van der Waals surface area (Å²) in [6.07, 6.45) is 1.01. The summed E-state index contributed by atoms with van der Waals surface area (Å²) in [5.74, 6) is -0.200. The first-order valence-electron chi connectivity index (χ1n) is 7.46. The Labute approximate surface area is 130 Å². The quantitative estimate of drug-likeness (QED) is 0.770. The maximum atomic E-state index is 13.4. The zero-order valence-corrected chi connectivity index (χ0v) is 12.7. The number of anilines is 1. The molecule has 0 atom stereocenters. The summed E-state index contributed by atoms with van der Waals surface area (Å²) >= 11 is 0. The highest BCUT2D eigenvalue weighted by Gasteiger charge is 2.04. The van der Waals surface area contributed by atoms with Gasteiger partial charge in [-0.1, -0.05) is 36.4 Å². The van der Waals surface area contributed by atoms with Crippen LogP contribution in [-0.2, 0) is 11.2 Å². The summed E-state index contributed by atoms with van der Waals surface area (Å²) in [6, 6.07) is 14.4. The summed E-state index contributed by atoms with van der Waals surface area (Å²) in [5, 5.41) is 6.05. The van der Waals surface area contributed by atoms with Crippen LogP contribution in [-0.4, -0.2) is 19.0 Å². The molecular weight excluding hydrogens is 279 g/mol. The van der Waals surface area contributed by atoms with Crippen LogP contribution in [0.3, 0.4) is 0 Å². The van der Waals surface area contributed by atoms with Gasteiger partial charge in [-0.3, -0.25) is 4.79 Å². The first-order valence-corrected chi connectivity index (χ1v) is 7.46. The van der Waals surface area contributed by atoms with Gasteiger partial charge in [-0.05, 0) is 43.1 Å². The number of para-hydroxylation sites is 1. The Hall–Kier alpha value is -2.20. The number of halogens is 1. The Bertz CT molecular complexity index is 628. The van der Waals surface area contributed by atoms with E-state index >= 15 is 0 Å². The monoisotopic (exact) mass is 300 g/mol. The minimum Gasteiger partial charge on any atom is -0.326 e. The van der Waals surface area contributed by atoms with Gasteiger partial charge < -0.3 is 10.6 Å². The van der Waals surface area contributed by atoms with Crippen molar-refractivity contribution >= 4 is 11.6 Å². The molecule has 0 aliphatic rings. The molecule has 2 aromatic carbocycles. The van der Waals surface area contributed by atoms with Crippen LogP contribution in [0.15, 0.2) is 48.5 Å². The molecule has 0 spiro atoms. The van der Waals surface area contributed by atoms with E-state index in [1.165, 1.54) is 6.07 Å². The Morgan fingerprint density at radius 2 is 1.77 bits per heavy atom. The second-order valence-corrected chi connectivity index (χ2v) is 5.20. The molecule has 0 aliphatic carbocycles. The Morgan fingerprint density at radius 3 is 2.55 bits per heavy atom. The lowest BCUT2D eigenvalue weighted by Crippen LogP contribution is -2.24. The van der Waals surface area contributed by atoms with Crippen LogP contribution >= 0.6 is 0 Å². The van der Waals surface area contributed by atoms with Gasteiger partial charge >= 0.3 is 0 Å². The van der Waals surface area contributed by atoms with Crippen molar-refractivity contribution in [2.24, 2.45) is 0 Å². The standard InChI is InChI=1S/C18H21FN2O/c1-14-6-2-5-9-17(14)21-18(22)11-13-20-12-10-15-7-3-4-8-16(15)19/h2-9,20H,10-13H2,1H3,(H,21,22). The van der Waals surface area contributed by atoms with Gasteiger partial charge in [0.1, 0.15) is 5.82 Å². The summed E-state index contributed by atoms with van der Waals surface area (Å²) < 4.78 is 13.4. The summed E-state index contributed by atoms with van der Waals surface area (Å²) in [5.41, 5.74) is 2.58. The SMILES string of the molecule is Cc1ccccc1NC(=O)CCNCCc1ccccc1F. The highest BCUT2D eigenvalue weighted by atomic mass is 19.1. The van der Waals surface area contributed by atoms with Crippen LogP contribution in [0, 0.1) is 12.7 Å². The molecule has 0 heterocycles. The van der Waals surface area contributed by atoms with Crippen molar-refractivity contribution in [2.45, 2.75) is 19.8 Å². The smallest absolute Gasteiger partial charge is 0.225 e. The zero-order valence-electron chi connectivity index (χ0n) is 12.7. The fourth-order valence-electron chi connectivity index (χ4n) is 2.18. The van der Waals surface area contributed by atoms with Crippen LogP contribution in [0.4, 0.5) is 10.1 Å². The van der Waals surface area contributed by atoms with Crippen molar-refractivity contribution in [1.82, 2.24) is 5.32 Å². The fourth-order valence-corrected chi connectivity index (χ4v) is 2.18. The summed E-state index contributed by atoms with van der Waals surface area (Å²) in [4.78, 5) is 11.8. The van der Waals surface area contributed by atoms with Gasteiger partial charge in [0.2, 0.25) is 5.91 Å². The zero-order chi connectivity index (χ0) is 15.8. The second kappa shape index (κ2) is 8.29. The Balaban J connectivity index is 1.65. The number of carbonyl (C=O) groups is 1. The second-order valence-electron chi connectivity index (χ2n) is 5.20. The third-order valence-electron chi connectivity index (χ3n) is 3.48. The van der Waals surface area contributed by atoms with E-state index in [0.717, 1.165) is 11.3 Å². The lowest BCUT2D eigenvalue weighted by molar-refractivity contribution is -0.116. The summed E-state index contributed by atoms with van der Waals surface area (Å²) in [7, 11) is 0. The van der Waals surface area contributed by atoms with E-state index in [9.17, 15) is 9.18 Å². The van der Waals surface area contributed by atoms with Crippen molar-refractivity contribution in [3.8, 4) is 0 Å². The number of rotatable bonds is 7. The molecule has 0 saturated heterocycles. The highest BCUT2D eigenvalue weighted by Crippen LogP contribution is 2.13. The van der Waals surface area contributed by atoms with Crippen LogP contribution in [0.5, 0.6) is 0 Å². The lowest BCUT2D eigenvalue weighted by atomic mass is 10.1.